The Morgan fingerprint density at radius 1 is 1.38 bits per heavy atom. The Morgan fingerprint density at radius 2 is 2.06 bits per heavy atom. The van der Waals surface area contributed by atoms with E-state index in [0.29, 0.717) is 0 Å². The van der Waals surface area contributed by atoms with Crippen LogP contribution in [0, 0.1) is 0 Å². The predicted octanol–water partition coefficient (Wildman–Crippen LogP) is 2.19. The molecule has 0 atom stereocenters. The van der Waals surface area contributed by atoms with Crippen molar-refractivity contribution in [2.45, 2.75) is 39.7 Å². The molecule has 0 spiro atoms. The van der Waals surface area contributed by atoms with Gasteiger partial charge in [-0.15, -0.1) is 0 Å². The summed E-state index contributed by atoms with van der Waals surface area (Å²) in [7, 11) is 0. The zero-order valence-corrected chi connectivity index (χ0v) is 11.9. The lowest BCUT2D eigenvalue weighted by atomic mass is 10.1. The van der Waals surface area contributed by atoms with Gasteiger partial charge in [-0.2, -0.15) is 0 Å². The molecular weight excluding hydrogens is 218 g/mol. The van der Waals surface area contributed by atoms with Gasteiger partial charge in [0.2, 0.25) is 0 Å². The average Bonchev–Trinajstić information content (AvgIpc) is 2.59. The van der Waals surface area contributed by atoms with Gasteiger partial charge in [0.1, 0.15) is 0 Å². The lowest BCUT2D eigenvalue weighted by molar-refractivity contribution is 0.302. The quantitative estimate of drug-likeness (QED) is 0.725. The van der Waals surface area contributed by atoms with E-state index in [0.717, 1.165) is 43.5 Å². The van der Waals surface area contributed by atoms with Crippen LogP contribution in [-0.2, 0) is 0 Å². The molecule has 1 fully saturated rings. The number of amidine groups is 1. The van der Waals surface area contributed by atoms with Gasteiger partial charge in [-0.25, -0.2) is 0 Å². The van der Waals surface area contributed by atoms with E-state index in [-0.39, 0.29) is 5.54 Å². The van der Waals surface area contributed by atoms with Crippen molar-refractivity contribution in [1.82, 2.24) is 10.2 Å². The van der Waals surface area contributed by atoms with Crippen LogP contribution >= 0.6 is 11.8 Å². The third-order valence-corrected chi connectivity index (χ3v) is 4.17. The van der Waals surface area contributed by atoms with Gasteiger partial charge < -0.3 is 10.2 Å². The van der Waals surface area contributed by atoms with Gasteiger partial charge in [0.25, 0.3) is 0 Å². The van der Waals surface area contributed by atoms with Gasteiger partial charge in [0, 0.05) is 17.8 Å². The number of hydrogen-bond acceptors (Lipinski definition) is 3. The summed E-state index contributed by atoms with van der Waals surface area (Å²) in [4.78, 5) is 7.05. The van der Waals surface area contributed by atoms with Gasteiger partial charge in [-0.3, -0.25) is 4.99 Å². The van der Waals surface area contributed by atoms with Crippen LogP contribution in [-0.4, -0.2) is 47.5 Å². The van der Waals surface area contributed by atoms with Gasteiger partial charge in [-0.05, 0) is 39.9 Å². The molecule has 0 aliphatic carbocycles. The molecule has 1 aliphatic rings. The van der Waals surface area contributed by atoms with E-state index in [1.54, 1.807) is 0 Å². The van der Waals surface area contributed by atoms with E-state index in [1.165, 1.54) is 0 Å². The van der Waals surface area contributed by atoms with Crippen molar-refractivity contribution >= 4 is 16.9 Å². The van der Waals surface area contributed by atoms with Crippen molar-refractivity contribution in [3.63, 3.8) is 0 Å². The number of thioether (sulfide) groups is 1. The maximum absolute atomic E-state index is 4.60. The molecule has 4 heteroatoms. The monoisotopic (exact) mass is 243 g/mol. The van der Waals surface area contributed by atoms with Crippen molar-refractivity contribution in [2.24, 2.45) is 4.99 Å². The van der Waals surface area contributed by atoms with Crippen LogP contribution < -0.4 is 5.32 Å². The van der Waals surface area contributed by atoms with Crippen molar-refractivity contribution in [2.75, 3.05) is 31.9 Å². The molecule has 1 N–H and O–H groups in total. The van der Waals surface area contributed by atoms with Crippen molar-refractivity contribution in [3.05, 3.63) is 0 Å². The largest absolute Gasteiger partial charge is 0.359 e. The highest BCUT2D eigenvalue weighted by molar-refractivity contribution is 8.14. The van der Waals surface area contributed by atoms with Crippen molar-refractivity contribution in [1.29, 1.82) is 0 Å². The zero-order valence-electron chi connectivity index (χ0n) is 11.0. The minimum absolute atomic E-state index is 0.225. The first-order valence-electron chi connectivity index (χ1n) is 6.25. The maximum Gasteiger partial charge on any atom is 0.157 e. The summed E-state index contributed by atoms with van der Waals surface area (Å²) in [6.45, 7) is 13.3. The summed E-state index contributed by atoms with van der Waals surface area (Å²) in [5.41, 5.74) is 0.225. The molecule has 16 heavy (non-hydrogen) atoms. The second-order valence-corrected chi connectivity index (χ2v) is 5.83. The van der Waals surface area contributed by atoms with Crippen molar-refractivity contribution < 1.29 is 0 Å². The molecule has 0 unspecified atom stereocenters. The van der Waals surface area contributed by atoms with Gasteiger partial charge in [0.15, 0.2) is 5.17 Å². The molecular formula is C12H25N3S. The maximum atomic E-state index is 4.60. The summed E-state index contributed by atoms with van der Waals surface area (Å²) in [5, 5.41) is 4.57. The van der Waals surface area contributed by atoms with Crippen LogP contribution in [0.5, 0.6) is 0 Å². The van der Waals surface area contributed by atoms with Crippen LogP contribution in [0.15, 0.2) is 4.99 Å². The van der Waals surface area contributed by atoms with Gasteiger partial charge in [-0.1, -0.05) is 25.6 Å². The molecule has 0 aromatic carbocycles. The Labute approximate surface area is 104 Å². The van der Waals surface area contributed by atoms with Crippen LogP contribution in [0.25, 0.3) is 0 Å². The molecule has 0 amide bonds. The summed E-state index contributed by atoms with van der Waals surface area (Å²) in [5.74, 6) is 1.13. The first-order valence-corrected chi connectivity index (χ1v) is 7.23. The molecule has 1 rings (SSSR count). The molecule has 0 radical (unpaired) electrons. The number of rotatable bonds is 6. The SMILES string of the molecule is CCN(CC)CCCN=C1NC(C)(C)CS1. The van der Waals surface area contributed by atoms with E-state index < -0.39 is 0 Å². The molecule has 1 aliphatic heterocycles. The number of aliphatic imine (C=N–C) groups is 1. The van der Waals surface area contributed by atoms with Crippen molar-refractivity contribution in [3.8, 4) is 0 Å². The molecule has 3 nitrogen and oxygen atoms in total. The summed E-state index contributed by atoms with van der Waals surface area (Å²) in [6, 6.07) is 0. The minimum atomic E-state index is 0.225. The molecule has 1 saturated heterocycles. The van der Waals surface area contributed by atoms with E-state index in [1.807, 2.05) is 11.8 Å². The number of nitrogens with zero attached hydrogens (tertiary/aromatic N) is 2. The fourth-order valence-corrected chi connectivity index (χ4v) is 2.81. The smallest absolute Gasteiger partial charge is 0.157 e. The van der Waals surface area contributed by atoms with E-state index in [9.17, 15) is 0 Å². The Kier molecular flexibility index (Phi) is 5.62. The fraction of sp³-hybridized carbons (Fsp3) is 0.917. The Hall–Kier alpha value is -0.220. The van der Waals surface area contributed by atoms with Crippen LogP contribution in [0.2, 0.25) is 0 Å². The highest BCUT2D eigenvalue weighted by atomic mass is 32.2. The first kappa shape index (κ1) is 13.8. The molecule has 0 bridgehead atoms. The number of nitrogens with one attached hydrogen (secondary N) is 1. The Bertz CT molecular complexity index is 234. The number of hydrogen-bond donors (Lipinski definition) is 1. The second-order valence-electron chi connectivity index (χ2n) is 4.86. The second kappa shape index (κ2) is 6.50. The summed E-state index contributed by atoms with van der Waals surface area (Å²) < 4.78 is 0. The zero-order chi connectivity index (χ0) is 12.0. The highest BCUT2D eigenvalue weighted by Gasteiger charge is 2.26. The predicted molar refractivity (Wildman–Crippen MR) is 74.4 cm³/mol. The normalized spacial score (nSPS) is 21.7. The summed E-state index contributed by atoms with van der Waals surface area (Å²) >= 11 is 1.84. The topological polar surface area (TPSA) is 27.6 Å². The first-order chi connectivity index (χ1) is 7.57. The Balaban J connectivity index is 2.18. The van der Waals surface area contributed by atoms with Gasteiger partial charge in [0.05, 0.1) is 0 Å². The third-order valence-electron chi connectivity index (χ3n) is 2.80. The van der Waals surface area contributed by atoms with E-state index in [4.69, 9.17) is 0 Å². The van der Waals surface area contributed by atoms with Crippen LogP contribution in [0.3, 0.4) is 0 Å². The molecule has 94 valence electrons. The molecule has 0 aromatic rings. The lowest BCUT2D eigenvalue weighted by Gasteiger charge is -2.17. The molecule has 1 heterocycles. The van der Waals surface area contributed by atoms with E-state index in [2.05, 4.69) is 42.9 Å². The standard InChI is InChI=1S/C12H25N3S/c1-5-15(6-2)9-7-8-13-11-14-12(3,4)10-16-11/h5-10H2,1-4H3,(H,13,14). The molecule has 0 saturated carbocycles. The summed E-state index contributed by atoms with van der Waals surface area (Å²) in [6.07, 6.45) is 1.16. The van der Waals surface area contributed by atoms with Gasteiger partial charge >= 0.3 is 0 Å². The van der Waals surface area contributed by atoms with Crippen LogP contribution in [0.4, 0.5) is 0 Å². The molecule has 0 aromatic heterocycles. The average molecular weight is 243 g/mol. The minimum Gasteiger partial charge on any atom is -0.359 e. The fourth-order valence-electron chi connectivity index (χ4n) is 1.71. The van der Waals surface area contributed by atoms with E-state index >= 15 is 0 Å². The van der Waals surface area contributed by atoms with Crippen LogP contribution in [0.1, 0.15) is 34.1 Å². The third kappa shape index (κ3) is 4.74. The lowest BCUT2D eigenvalue weighted by Crippen LogP contribution is -2.37. The Morgan fingerprint density at radius 3 is 2.56 bits per heavy atom. The highest BCUT2D eigenvalue weighted by Crippen LogP contribution is 2.21.